The van der Waals surface area contributed by atoms with Crippen molar-refractivity contribution in [3.05, 3.63) is 35.4 Å². The molecule has 0 saturated carbocycles. The summed E-state index contributed by atoms with van der Waals surface area (Å²) in [6, 6.07) is 7.09. The summed E-state index contributed by atoms with van der Waals surface area (Å²) < 4.78 is 0. The molecule has 80 valence electrons. The highest BCUT2D eigenvalue weighted by molar-refractivity contribution is 5.93. The smallest absolute Gasteiger partial charge is 0.317 e. The van der Waals surface area contributed by atoms with E-state index in [9.17, 15) is 9.59 Å². The normalized spacial score (nSPS) is 9.93. The van der Waals surface area contributed by atoms with Crippen LogP contribution in [0.1, 0.15) is 22.8 Å². The first-order valence-corrected chi connectivity index (χ1v) is 4.62. The Morgan fingerprint density at radius 2 is 1.87 bits per heavy atom. The molecule has 0 saturated heterocycles. The van der Waals surface area contributed by atoms with Gasteiger partial charge in [0.2, 0.25) is 0 Å². The molecule has 1 aromatic carbocycles. The quantitative estimate of drug-likeness (QED) is 0.708. The van der Waals surface area contributed by atoms with Crippen molar-refractivity contribution in [1.29, 1.82) is 0 Å². The summed E-state index contributed by atoms with van der Waals surface area (Å²) in [4.78, 5) is 21.2. The number of aliphatic carboxylic acids is 1. The van der Waals surface area contributed by atoms with E-state index in [4.69, 9.17) is 5.11 Å². The van der Waals surface area contributed by atoms with Gasteiger partial charge in [-0.05, 0) is 12.5 Å². The summed E-state index contributed by atoms with van der Waals surface area (Å²) in [5.41, 5.74) is 1.62. The van der Waals surface area contributed by atoms with Crippen LogP contribution in [0.25, 0.3) is 0 Å². The Balaban J connectivity index is 2.50. The van der Waals surface area contributed by atoms with Crippen LogP contribution < -0.4 is 5.32 Å². The van der Waals surface area contributed by atoms with Gasteiger partial charge in [0, 0.05) is 12.1 Å². The van der Waals surface area contributed by atoms with Gasteiger partial charge in [0.1, 0.15) is 0 Å². The minimum absolute atomic E-state index is 0.0278. The molecular weight excluding hydrogens is 194 g/mol. The minimum Gasteiger partial charge on any atom is -0.480 e. The number of benzene rings is 1. The summed E-state index contributed by atoms with van der Waals surface area (Å²) in [5.74, 6) is -0.851. The van der Waals surface area contributed by atoms with E-state index in [0.29, 0.717) is 12.1 Å². The Labute approximate surface area is 87.9 Å². The van der Waals surface area contributed by atoms with Crippen LogP contribution in [0.2, 0.25) is 0 Å². The zero-order valence-electron chi connectivity index (χ0n) is 8.49. The molecule has 0 aromatic heterocycles. The highest BCUT2D eigenvalue weighted by Gasteiger charge is 1.99. The van der Waals surface area contributed by atoms with Crippen molar-refractivity contribution < 1.29 is 14.7 Å². The predicted octanol–water partition coefficient (Wildman–Crippen LogP) is 1.06. The van der Waals surface area contributed by atoms with E-state index in [-0.39, 0.29) is 12.3 Å². The van der Waals surface area contributed by atoms with Crippen LogP contribution in [0, 0.1) is 0 Å². The molecule has 0 aliphatic rings. The molecule has 0 fully saturated rings. The van der Waals surface area contributed by atoms with E-state index < -0.39 is 5.97 Å². The van der Waals surface area contributed by atoms with Crippen LogP contribution in [0.4, 0.5) is 0 Å². The van der Waals surface area contributed by atoms with Crippen molar-refractivity contribution in [3.8, 4) is 0 Å². The Morgan fingerprint density at radius 3 is 2.33 bits per heavy atom. The molecule has 4 heteroatoms. The standard InChI is InChI=1S/C11H13NO3/c1-8(13)10-4-2-9(3-5-10)6-12-7-11(14)15/h2-5,12H,6-7H2,1H3,(H,14,15). The second-order valence-electron chi connectivity index (χ2n) is 3.25. The monoisotopic (exact) mass is 207 g/mol. The maximum atomic E-state index is 11.0. The van der Waals surface area contributed by atoms with Gasteiger partial charge in [0.05, 0.1) is 6.54 Å². The maximum absolute atomic E-state index is 11.0. The third-order valence-corrected chi connectivity index (χ3v) is 1.97. The lowest BCUT2D eigenvalue weighted by Gasteiger charge is -2.02. The SMILES string of the molecule is CC(=O)c1ccc(CNCC(=O)O)cc1. The highest BCUT2D eigenvalue weighted by atomic mass is 16.4. The lowest BCUT2D eigenvalue weighted by Crippen LogP contribution is -2.21. The third kappa shape index (κ3) is 3.91. The summed E-state index contributed by atoms with van der Waals surface area (Å²) in [6.07, 6.45) is 0. The number of carbonyl (C=O) groups excluding carboxylic acids is 1. The average Bonchev–Trinajstić information content (AvgIpc) is 2.18. The maximum Gasteiger partial charge on any atom is 0.317 e. The summed E-state index contributed by atoms with van der Waals surface area (Å²) in [7, 11) is 0. The molecule has 0 amide bonds. The van der Waals surface area contributed by atoms with Crippen LogP contribution in [0.5, 0.6) is 0 Å². The molecule has 1 rings (SSSR count). The molecule has 0 unspecified atom stereocenters. The van der Waals surface area contributed by atoms with Crippen LogP contribution in [-0.4, -0.2) is 23.4 Å². The van der Waals surface area contributed by atoms with Gasteiger partial charge in [-0.3, -0.25) is 9.59 Å². The average molecular weight is 207 g/mol. The number of hydrogen-bond acceptors (Lipinski definition) is 3. The summed E-state index contributed by atoms with van der Waals surface area (Å²) in [6.45, 7) is 1.94. The molecule has 0 bridgehead atoms. The molecule has 0 atom stereocenters. The van der Waals surface area contributed by atoms with Crippen molar-refractivity contribution in [3.63, 3.8) is 0 Å². The first-order chi connectivity index (χ1) is 7.09. The predicted molar refractivity (Wildman–Crippen MR) is 55.8 cm³/mol. The number of carboxylic acid groups (broad SMARTS) is 1. The topological polar surface area (TPSA) is 66.4 Å². The van der Waals surface area contributed by atoms with E-state index in [2.05, 4.69) is 5.32 Å². The van der Waals surface area contributed by atoms with E-state index in [1.807, 2.05) is 12.1 Å². The molecule has 0 radical (unpaired) electrons. The summed E-state index contributed by atoms with van der Waals surface area (Å²) >= 11 is 0. The zero-order valence-corrected chi connectivity index (χ0v) is 8.49. The van der Waals surface area contributed by atoms with Crippen molar-refractivity contribution in [2.75, 3.05) is 6.54 Å². The largest absolute Gasteiger partial charge is 0.480 e. The number of carbonyl (C=O) groups is 2. The Hall–Kier alpha value is -1.68. The Kier molecular flexibility index (Phi) is 4.00. The fraction of sp³-hybridized carbons (Fsp3) is 0.273. The first-order valence-electron chi connectivity index (χ1n) is 4.62. The second-order valence-corrected chi connectivity index (χ2v) is 3.25. The van der Waals surface area contributed by atoms with Gasteiger partial charge in [-0.1, -0.05) is 24.3 Å². The lowest BCUT2D eigenvalue weighted by molar-refractivity contribution is -0.135. The molecule has 0 heterocycles. The fourth-order valence-corrected chi connectivity index (χ4v) is 1.17. The van der Waals surface area contributed by atoms with Crippen LogP contribution in [0.15, 0.2) is 24.3 Å². The number of nitrogens with one attached hydrogen (secondary N) is 1. The van der Waals surface area contributed by atoms with Crippen LogP contribution >= 0.6 is 0 Å². The number of rotatable bonds is 5. The highest BCUT2D eigenvalue weighted by Crippen LogP contribution is 2.04. The van der Waals surface area contributed by atoms with Crippen LogP contribution in [-0.2, 0) is 11.3 Å². The lowest BCUT2D eigenvalue weighted by atomic mass is 10.1. The fourth-order valence-electron chi connectivity index (χ4n) is 1.17. The van der Waals surface area contributed by atoms with E-state index in [0.717, 1.165) is 5.56 Å². The van der Waals surface area contributed by atoms with E-state index in [1.165, 1.54) is 6.92 Å². The molecule has 4 nitrogen and oxygen atoms in total. The number of ketones is 1. The molecule has 1 aromatic rings. The number of carboxylic acids is 1. The van der Waals surface area contributed by atoms with Gasteiger partial charge in [0.25, 0.3) is 0 Å². The van der Waals surface area contributed by atoms with Crippen molar-refractivity contribution in [2.45, 2.75) is 13.5 Å². The third-order valence-electron chi connectivity index (χ3n) is 1.97. The van der Waals surface area contributed by atoms with Gasteiger partial charge in [0.15, 0.2) is 5.78 Å². The Morgan fingerprint density at radius 1 is 1.27 bits per heavy atom. The van der Waals surface area contributed by atoms with Gasteiger partial charge < -0.3 is 10.4 Å². The van der Waals surface area contributed by atoms with Gasteiger partial charge in [-0.25, -0.2) is 0 Å². The van der Waals surface area contributed by atoms with Gasteiger partial charge >= 0.3 is 5.97 Å². The van der Waals surface area contributed by atoms with Crippen molar-refractivity contribution in [2.24, 2.45) is 0 Å². The molecule has 0 spiro atoms. The van der Waals surface area contributed by atoms with Gasteiger partial charge in [-0.2, -0.15) is 0 Å². The van der Waals surface area contributed by atoms with E-state index in [1.54, 1.807) is 12.1 Å². The molecule has 0 aliphatic carbocycles. The van der Waals surface area contributed by atoms with Crippen LogP contribution in [0.3, 0.4) is 0 Å². The van der Waals surface area contributed by atoms with Crippen molar-refractivity contribution >= 4 is 11.8 Å². The second kappa shape index (κ2) is 5.26. The van der Waals surface area contributed by atoms with Crippen molar-refractivity contribution in [1.82, 2.24) is 5.32 Å². The first kappa shape index (κ1) is 11.4. The number of Topliss-reactive ketones (excluding diaryl/α,β-unsaturated/α-hetero) is 1. The summed E-state index contributed by atoms with van der Waals surface area (Å²) in [5, 5.41) is 11.2. The molecular formula is C11H13NO3. The minimum atomic E-state index is -0.879. The van der Waals surface area contributed by atoms with E-state index >= 15 is 0 Å². The molecule has 15 heavy (non-hydrogen) atoms. The molecule has 2 N–H and O–H groups in total. The Bertz CT molecular complexity index is 357. The van der Waals surface area contributed by atoms with Gasteiger partial charge in [-0.15, -0.1) is 0 Å². The zero-order chi connectivity index (χ0) is 11.3. The number of hydrogen-bond donors (Lipinski definition) is 2. The molecule has 0 aliphatic heterocycles.